The van der Waals surface area contributed by atoms with Crippen LogP contribution in [0.25, 0.3) is 0 Å². The zero-order valence-electron chi connectivity index (χ0n) is 11.7. The van der Waals surface area contributed by atoms with Crippen LogP contribution in [0.5, 0.6) is 0 Å². The maximum atomic E-state index is 6.02. The molecule has 0 aromatic rings. The summed E-state index contributed by atoms with van der Waals surface area (Å²) in [5.41, 5.74) is 7.07. The van der Waals surface area contributed by atoms with Gasteiger partial charge in [-0.05, 0) is 49.0 Å². The lowest BCUT2D eigenvalue weighted by Gasteiger charge is -2.37. The maximum Gasteiger partial charge on any atom is 0.00201 e. The Morgan fingerprint density at radius 3 is 2.12 bits per heavy atom. The summed E-state index contributed by atoms with van der Waals surface area (Å²) in [4.78, 5) is 0. The molecule has 2 rings (SSSR count). The third kappa shape index (κ3) is 3.03. The summed E-state index contributed by atoms with van der Waals surface area (Å²) in [5, 5.41) is 3.75. The van der Waals surface area contributed by atoms with Gasteiger partial charge in [-0.15, -0.1) is 0 Å². The fourth-order valence-electron chi connectivity index (χ4n) is 3.45. The summed E-state index contributed by atoms with van der Waals surface area (Å²) < 4.78 is 0. The average Bonchev–Trinajstić information content (AvgIpc) is 3.11. The highest BCUT2D eigenvalue weighted by atomic mass is 14.9. The van der Waals surface area contributed by atoms with Crippen molar-refractivity contribution < 1.29 is 0 Å². The van der Waals surface area contributed by atoms with Gasteiger partial charge in [0.05, 0.1) is 0 Å². The van der Waals surface area contributed by atoms with Crippen molar-refractivity contribution in [3.8, 4) is 0 Å². The zero-order chi connectivity index (χ0) is 12.4. The first kappa shape index (κ1) is 13.4. The molecule has 2 aliphatic carbocycles. The van der Waals surface area contributed by atoms with Crippen LogP contribution in [0.1, 0.15) is 58.8 Å². The van der Waals surface area contributed by atoms with E-state index in [1.54, 1.807) is 0 Å². The second-order valence-corrected chi connectivity index (χ2v) is 6.89. The average molecular weight is 238 g/mol. The summed E-state index contributed by atoms with van der Waals surface area (Å²) in [6, 6.07) is 0. The van der Waals surface area contributed by atoms with Crippen molar-refractivity contribution in [2.24, 2.45) is 22.5 Å². The van der Waals surface area contributed by atoms with E-state index in [0.717, 1.165) is 19.0 Å². The topological polar surface area (TPSA) is 38.0 Å². The number of rotatable bonds is 6. The summed E-state index contributed by atoms with van der Waals surface area (Å²) in [6.45, 7) is 7.97. The molecule has 2 saturated carbocycles. The van der Waals surface area contributed by atoms with Gasteiger partial charge in [0.15, 0.2) is 0 Å². The molecule has 17 heavy (non-hydrogen) atoms. The van der Waals surface area contributed by atoms with Gasteiger partial charge in [-0.2, -0.15) is 0 Å². The van der Waals surface area contributed by atoms with Crippen molar-refractivity contribution in [1.82, 2.24) is 5.32 Å². The normalized spacial score (nSPS) is 26.1. The lowest BCUT2D eigenvalue weighted by molar-refractivity contribution is 0.183. The Morgan fingerprint density at radius 1 is 1.00 bits per heavy atom. The van der Waals surface area contributed by atoms with Crippen LogP contribution in [0.3, 0.4) is 0 Å². The maximum absolute atomic E-state index is 6.02. The third-order valence-corrected chi connectivity index (χ3v) is 5.44. The van der Waals surface area contributed by atoms with Gasteiger partial charge in [-0.3, -0.25) is 0 Å². The third-order valence-electron chi connectivity index (χ3n) is 5.44. The molecule has 2 fully saturated rings. The molecule has 0 unspecified atom stereocenters. The first-order valence-electron chi connectivity index (χ1n) is 7.53. The van der Waals surface area contributed by atoms with Crippen LogP contribution in [0.15, 0.2) is 0 Å². The Labute approximate surface area is 107 Å². The van der Waals surface area contributed by atoms with Crippen molar-refractivity contribution in [2.75, 3.05) is 19.6 Å². The Balaban J connectivity index is 1.76. The van der Waals surface area contributed by atoms with Crippen LogP contribution in [0, 0.1) is 16.7 Å². The Bertz CT molecular complexity index is 237. The molecular formula is C15H30N2. The van der Waals surface area contributed by atoms with Crippen LogP contribution < -0.4 is 11.1 Å². The van der Waals surface area contributed by atoms with Gasteiger partial charge in [0, 0.05) is 13.1 Å². The minimum Gasteiger partial charge on any atom is -0.330 e. The van der Waals surface area contributed by atoms with Crippen LogP contribution >= 0.6 is 0 Å². The smallest absolute Gasteiger partial charge is 0.00201 e. The molecule has 0 atom stereocenters. The first-order valence-corrected chi connectivity index (χ1v) is 7.53. The van der Waals surface area contributed by atoms with Crippen molar-refractivity contribution in [2.45, 2.75) is 58.8 Å². The minimum atomic E-state index is 0.422. The highest BCUT2D eigenvalue weighted by molar-refractivity contribution is 4.98. The molecule has 0 spiro atoms. The van der Waals surface area contributed by atoms with Crippen LogP contribution in [-0.4, -0.2) is 19.6 Å². The van der Waals surface area contributed by atoms with Crippen molar-refractivity contribution in [3.05, 3.63) is 0 Å². The molecule has 100 valence electrons. The first-order chi connectivity index (χ1) is 8.13. The number of nitrogens with two attached hydrogens (primary N) is 1. The van der Waals surface area contributed by atoms with Gasteiger partial charge in [-0.1, -0.05) is 33.1 Å². The van der Waals surface area contributed by atoms with E-state index in [1.807, 2.05) is 0 Å². The van der Waals surface area contributed by atoms with E-state index < -0.39 is 0 Å². The van der Waals surface area contributed by atoms with Gasteiger partial charge >= 0.3 is 0 Å². The molecular weight excluding hydrogens is 208 g/mol. The molecule has 0 amide bonds. The monoisotopic (exact) mass is 238 g/mol. The fourth-order valence-corrected chi connectivity index (χ4v) is 3.45. The Hall–Kier alpha value is -0.0800. The quantitative estimate of drug-likeness (QED) is 0.746. The van der Waals surface area contributed by atoms with Gasteiger partial charge in [-0.25, -0.2) is 0 Å². The SMILES string of the molecule is CC(C)C1(CNCC2(CN)CCCCC2)CC1. The largest absolute Gasteiger partial charge is 0.330 e. The van der Waals surface area contributed by atoms with Gasteiger partial charge in [0.1, 0.15) is 0 Å². The predicted octanol–water partition coefficient (Wildman–Crippen LogP) is 2.92. The van der Waals surface area contributed by atoms with Crippen LogP contribution in [-0.2, 0) is 0 Å². The molecule has 2 nitrogen and oxygen atoms in total. The van der Waals surface area contributed by atoms with E-state index in [1.165, 1.54) is 51.5 Å². The summed E-state index contributed by atoms with van der Waals surface area (Å²) in [5.74, 6) is 0.829. The van der Waals surface area contributed by atoms with E-state index in [2.05, 4.69) is 19.2 Å². The van der Waals surface area contributed by atoms with E-state index in [-0.39, 0.29) is 0 Å². The molecule has 3 N–H and O–H groups in total. The lowest BCUT2D eigenvalue weighted by atomic mass is 9.74. The zero-order valence-corrected chi connectivity index (χ0v) is 11.7. The van der Waals surface area contributed by atoms with E-state index >= 15 is 0 Å². The highest BCUT2D eigenvalue weighted by Crippen LogP contribution is 2.51. The Morgan fingerprint density at radius 2 is 1.65 bits per heavy atom. The number of hydrogen-bond acceptors (Lipinski definition) is 2. The highest BCUT2D eigenvalue weighted by Gasteiger charge is 2.45. The van der Waals surface area contributed by atoms with E-state index in [0.29, 0.717) is 10.8 Å². The number of hydrogen-bond donors (Lipinski definition) is 2. The molecule has 0 saturated heterocycles. The molecule has 0 aliphatic heterocycles. The summed E-state index contributed by atoms with van der Waals surface area (Å²) in [7, 11) is 0. The molecule has 0 aromatic carbocycles. The van der Waals surface area contributed by atoms with Crippen LogP contribution in [0.4, 0.5) is 0 Å². The van der Waals surface area contributed by atoms with Crippen molar-refractivity contribution in [1.29, 1.82) is 0 Å². The molecule has 0 heterocycles. The molecule has 0 radical (unpaired) electrons. The lowest BCUT2D eigenvalue weighted by Crippen LogP contribution is -2.43. The molecule has 2 aliphatic rings. The Kier molecular flexibility index (Phi) is 4.14. The van der Waals surface area contributed by atoms with E-state index in [4.69, 9.17) is 5.73 Å². The van der Waals surface area contributed by atoms with Gasteiger partial charge < -0.3 is 11.1 Å². The van der Waals surface area contributed by atoms with E-state index in [9.17, 15) is 0 Å². The standard InChI is InChI=1S/C15H30N2/c1-13(2)15(8-9-15)12-17-11-14(10-16)6-4-3-5-7-14/h13,17H,3-12,16H2,1-2H3. The predicted molar refractivity (Wildman–Crippen MR) is 73.9 cm³/mol. The molecule has 0 aromatic heterocycles. The molecule has 0 bridgehead atoms. The fraction of sp³-hybridized carbons (Fsp3) is 1.00. The second kappa shape index (κ2) is 5.27. The number of nitrogens with one attached hydrogen (secondary N) is 1. The molecule has 2 heteroatoms. The van der Waals surface area contributed by atoms with Gasteiger partial charge in [0.2, 0.25) is 0 Å². The van der Waals surface area contributed by atoms with Crippen molar-refractivity contribution >= 4 is 0 Å². The second-order valence-electron chi connectivity index (χ2n) is 6.89. The van der Waals surface area contributed by atoms with Crippen molar-refractivity contribution in [3.63, 3.8) is 0 Å². The summed E-state index contributed by atoms with van der Waals surface area (Å²) in [6.07, 6.45) is 9.71. The summed E-state index contributed by atoms with van der Waals surface area (Å²) >= 11 is 0. The van der Waals surface area contributed by atoms with Crippen LogP contribution in [0.2, 0.25) is 0 Å². The van der Waals surface area contributed by atoms with Gasteiger partial charge in [0.25, 0.3) is 0 Å². The minimum absolute atomic E-state index is 0.422.